The zero-order chi connectivity index (χ0) is 13.3. The van der Waals surface area contributed by atoms with E-state index in [4.69, 9.17) is 5.11 Å². The first kappa shape index (κ1) is 13.3. The molecular formula is C12H19N3O2S. The molecule has 0 saturated heterocycles. The van der Waals surface area contributed by atoms with Crippen LogP contribution in [0.3, 0.4) is 0 Å². The van der Waals surface area contributed by atoms with E-state index >= 15 is 0 Å². The molecule has 0 unspecified atom stereocenters. The number of nitrogens with zero attached hydrogens (tertiary/aromatic N) is 3. The van der Waals surface area contributed by atoms with Crippen LogP contribution >= 0.6 is 11.5 Å². The number of hydrogen-bond donors (Lipinski definition) is 1. The highest BCUT2D eigenvalue weighted by molar-refractivity contribution is 7.09. The van der Waals surface area contributed by atoms with Crippen LogP contribution in [0.2, 0.25) is 0 Å². The van der Waals surface area contributed by atoms with Crippen LogP contribution in [0, 0.1) is 0 Å². The van der Waals surface area contributed by atoms with Crippen molar-refractivity contribution in [1.82, 2.24) is 9.36 Å². The second-order valence-electron chi connectivity index (χ2n) is 5.72. The Morgan fingerprint density at radius 2 is 2.17 bits per heavy atom. The van der Waals surface area contributed by atoms with Crippen LogP contribution in [-0.4, -0.2) is 33.0 Å². The van der Waals surface area contributed by atoms with Gasteiger partial charge in [-0.1, -0.05) is 20.8 Å². The second-order valence-corrected chi connectivity index (χ2v) is 6.45. The fraction of sp³-hybridized carbons (Fsp3) is 0.750. The van der Waals surface area contributed by atoms with Gasteiger partial charge in [-0.2, -0.15) is 4.37 Å². The summed E-state index contributed by atoms with van der Waals surface area (Å²) in [5.41, 5.74) is -0.0588. The Morgan fingerprint density at radius 3 is 2.61 bits per heavy atom. The molecule has 0 amide bonds. The number of carboxylic acid groups (broad SMARTS) is 1. The van der Waals surface area contributed by atoms with Gasteiger partial charge in [0.1, 0.15) is 5.82 Å². The minimum Gasteiger partial charge on any atom is -0.481 e. The van der Waals surface area contributed by atoms with Crippen LogP contribution in [0.5, 0.6) is 0 Å². The summed E-state index contributed by atoms with van der Waals surface area (Å²) in [4.78, 5) is 17.3. The van der Waals surface area contributed by atoms with Crippen molar-refractivity contribution < 1.29 is 9.90 Å². The third-order valence-electron chi connectivity index (χ3n) is 2.89. The summed E-state index contributed by atoms with van der Waals surface area (Å²) in [6.45, 7) is 6.77. The Bertz CT molecular complexity index is 435. The molecule has 1 heterocycles. The summed E-state index contributed by atoms with van der Waals surface area (Å²) >= 11 is 1.38. The van der Waals surface area contributed by atoms with Crippen molar-refractivity contribution in [1.29, 1.82) is 0 Å². The summed E-state index contributed by atoms with van der Waals surface area (Å²) < 4.78 is 4.39. The predicted molar refractivity (Wildman–Crippen MR) is 71.2 cm³/mol. The molecule has 6 heteroatoms. The van der Waals surface area contributed by atoms with Crippen molar-refractivity contribution in [3.63, 3.8) is 0 Å². The van der Waals surface area contributed by atoms with E-state index in [1.165, 1.54) is 11.5 Å². The highest BCUT2D eigenvalue weighted by atomic mass is 32.1. The maximum Gasteiger partial charge on any atom is 0.305 e. The topological polar surface area (TPSA) is 66.3 Å². The van der Waals surface area contributed by atoms with Gasteiger partial charge in [0.15, 0.2) is 0 Å². The minimum absolute atomic E-state index is 0.0588. The van der Waals surface area contributed by atoms with Gasteiger partial charge in [0.2, 0.25) is 5.13 Å². The molecule has 0 spiro atoms. The fourth-order valence-electron chi connectivity index (χ4n) is 1.67. The largest absolute Gasteiger partial charge is 0.481 e. The number of carboxylic acids is 1. The standard InChI is InChI=1S/C12H19N3O2S/c1-12(2,3)10-13-11(18-14-10)15(8-4-5-8)7-6-9(16)17/h8H,4-7H2,1-3H3,(H,16,17). The fourth-order valence-corrected chi connectivity index (χ4v) is 2.63. The molecule has 1 aromatic heterocycles. The molecular weight excluding hydrogens is 250 g/mol. The molecule has 18 heavy (non-hydrogen) atoms. The van der Waals surface area contributed by atoms with Crippen LogP contribution in [0.1, 0.15) is 45.9 Å². The normalized spacial score (nSPS) is 15.7. The van der Waals surface area contributed by atoms with Crippen molar-refractivity contribution in [3.05, 3.63) is 5.82 Å². The van der Waals surface area contributed by atoms with Gasteiger partial charge in [-0.05, 0) is 12.8 Å². The lowest BCUT2D eigenvalue weighted by Gasteiger charge is -2.20. The molecule has 1 aromatic rings. The van der Waals surface area contributed by atoms with E-state index in [0.29, 0.717) is 12.6 Å². The molecule has 1 N–H and O–H groups in total. The number of hydrogen-bond acceptors (Lipinski definition) is 5. The molecule has 0 radical (unpaired) electrons. The minimum atomic E-state index is -0.763. The van der Waals surface area contributed by atoms with Crippen LogP contribution in [0.4, 0.5) is 5.13 Å². The lowest BCUT2D eigenvalue weighted by Crippen LogP contribution is -2.28. The van der Waals surface area contributed by atoms with Gasteiger partial charge in [0.05, 0.1) is 6.42 Å². The molecule has 0 aliphatic heterocycles. The first-order valence-corrected chi connectivity index (χ1v) is 6.98. The number of aliphatic carboxylic acids is 1. The molecule has 2 rings (SSSR count). The summed E-state index contributed by atoms with van der Waals surface area (Å²) in [5.74, 6) is 0.0738. The second kappa shape index (κ2) is 4.84. The SMILES string of the molecule is CC(C)(C)c1nsc(N(CCC(=O)O)C2CC2)n1. The van der Waals surface area contributed by atoms with Crippen molar-refractivity contribution >= 4 is 22.6 Å². The van der Waals surface area contributed by atoms with Crippen molar-refractivity contribution in [3.8, 4) is 0 Å². The smallest absolute Gasteiger partial charge is 0.305 e. The Morgan fingerprint density at radius 1 is 1.50 bits per heavy atom. The van der Waals surface area contributed by atoms with Gasteiger partial charge in [0.25, 0.3) is 0 Å². The van der Waals surface area contributed by atoms with Gasteiger partial charge < -0.3 is 10.0 Å². The van der Waals surface area contributed by atoms with Crippen molar-refractivity contribution in [2.45, 2.75) is 51.5 Å². The van der Waals surface area contributed by atoms with E-state index in [2.05, 4.69) is 35.0 Å². The van der Waals surface area contributed by atoms with Gasteiger partial charge in [0, 0.05) is 29.5 Å². The number of aromatic nitrogens is 2. The van der Waals surface area contributed by atoms with Crippen LogP contribution < -0.4 is 4.90 Å². The third-order valence-corrected chi connectivity index (χ3v) is 3.64. The summed E-state index contributed by atoms with van der Waals surface area (Å²) in [7, 11) is 0. The highest BCUT2D eigenvalue weighted by Gasteiger charge is 2.32. The summed E-state index contributed by atoms with van der Waals surface area (Å²) in [6, 6.07) is 0.463. The molecule has 1 fully saturated rings. The number of carbonyl (C=O) groups is 1. The summed E-state index contributed by atoms with van der Waals surface area (Å²) in [5, 5.41) is 9.65. The Balaban J connectivity index is 2.10. The molecule has 0 aromatic carbocycles. The zero-order valence-corrected chi connectivity index (χ0v) is 11.8. The monoisotopic (exact) mass is 269 g/mol. The average molecular weight is 269 g/mol. The van der Waals surface area contributed by atoms with Gasteiger partial charge in [-0.25, -0.2) is 4.98 Å². The lowest BCUT2D eigenvalue weighted by atomic mass is 9.96. The van der Waals surface area contributed by atoms with E-state index in [-0.39, 0.29) is 11.8 Å². The first-order valence-electron chi connectivity index (χ1n) is 6.20. The van der Waals surface area contributed by atoms with E-state index in [1.54, 1.807) is 0 Å². The molecule has 1 saturated carbocycles. The van der Waals surface area contributed by atoms with Gasteiger partial charge in [-0.15, -0.1) is 0 Å². The molecule has 0 bridgehead atoms. The molecule has 1 aliphatic carbocycles. The van der Waals surface area contributed by atoms with Gasteiger partial charge in [-0.3, -0.25) is 4.79 Å². The van der Waals surface area contributed by atoms with E-state index in [9.17, 15) is 4.79 Å². The average Bonchev–Trinajstić information content (AvgIpc) is 2.93. The lowest BCUT2D eigenvalue weighted by molar-refractivity contribution is -0.136. The predicted octanol–water partition coefficient (Wildman–Crippen LogP) is 2.28. The zero-order valence-electron chi connectivity index (χ0n) is 11.0. The van der Waals surface area contributed by atoms with Gasteiger partial charge >= 0.3 is 5.97 Å². The molecule has 0 atom stereocenters. The molecule has 100 valence electrons. The first-order chi connectivity index (χ1) is 8.38. The van der Waals surface area contributed by atoms with Crippen molar-refractivity contribution in [2.24, 2.45) is 0 Å². The van der Waals surface area contributed by atoms with E-state index < -0.39 is 5.97 Å². The third kappa shape index (κ3) is 3.19. The van der Waals surface area contributed by atoms with E-state index in [0.717, 1.165) is 23.8 Å². The van der Waals surface area contributed by atoms with Crippen LogP contribution in [0.15, 0.2) is 0 Å². The Kier molecular flexibility index (Phi) is 3.56. The highest BCUT2D eigenvalue weighted by Crippen LogP contribution is 2.34. The quantitative estimate of drug-likeness (QED) is 0.888. The molecule has 1 aliphatic rings. The summed E-state index contributed by atoms with van der Waals surface area (Å²) in [6.07, 6.45) is 2.41. The van der Waals surface area contributed by atoms with Crippen LogP contribution in [0.25, 0.3) is 0 Å². The van der Waals surface area contributed by atoms with E-state index in [1.807, 2.05) is 0 Å². The Labute approximate surface area is 111 Å². The van der Waals surface area contributed by atoms with Crippen LogP contribution in [-0.2, 0) is 10.2 Å². The maximum atomic E-state index is 10.7. The number of anilines is 1. The maximum absolute atomic E-state index is 10.7. The molecule has 5 nitrogen and oxygen atoms in total. The van der Waals surface area contributed by atoms with Crippen molar-refractivity contribution in [2.75, 3.05) is 11.4 Å². The number of rotatable bonds is 5. The Hall–Kier alpha value is -1.17.